The Morgan fingerprint density at radius 3 is 2.48 bits per heavy atom. The van der Waals surface area contributed by atoms with E-state index in [2.05, 4.69) is 51.7 Å². The SMILES string of the molecule is CN=C(NCc1ccc(CN2CCCC(C)C2)cc1)NCC1CC1.I. The van der Waals surface area contributed by atoms with Gasteiger partial charge < -0.3 is 10.6 Å². The molecule has 2 aliphatic rings. The van der Waals surface area contributed by atoms with E-state index in [-0.39, 0.29) is 24.0 Å². The zero-order chi connectivity index (χ0) is 16.8. The molecule has 1 atom stereocenters. The molecule has 1 aliphatic heterocycles. The number of piperidine rings is 1. The van der Waals surface area contributed by atoms with Gasteiger partial charge in [-0.2, -0.15) is 0 Å². The first-order valence-electron chi connectivity index (χ1n) is 9.47. The number of benzene rings is 1. The molecule has 1 aromatic carbocycles. The van der Waals surface area contributed by atoms with Crippen LogP contribution < -0.4 is 10.6 Å². The second-order valence-corrected chi connectivity index (χ2v) is 7.55. The predicted octanol–water partition coefficient (Wildman–Crippen LogP) is 3.61. The second kappa shape index (κ2) is 10.4. The van der Waals surface area contributed by atoms with Crippen LogP contribution >= 0.6 is 24.0 Å². The van der Waals surface area contributed by atoms with Crippen LogP contribution in [0.2, 0.25) is 0 Å². The maximum absolute atomic E-state index is 4.29. The summed E-state index contributed by atoms with van der Waals surface area (Å²) in [6.07, 6.45) is 5.45. The summed E-state index contributed by atoms with van der Waals surface area (Å²) in [5.74, 6) is 2.62. The molecule has 0 spiro atoms. The molecule has 2 N–H and O–H groups in total. The number of aliphatic imine (C=N–C) groups is 1. The van der Waals surface area contributed by atoms with Crippen molar-refractivity contribution < 1.29 is 0 Å². The number of likely N-dealkylation sites (tertiary alicyclic amines) is 1. The lowest BCUT2D eigenvalue weighted by molar-refractivity contribution is 0.176. The Morgan fingerprint density at radius 2 is 1.84 bits per heavy atom. The first kappa shape index (κ1) is 20.5. The Labute approximate surface area is 169 Å². The van der Waals surface area contributed by atoms with Gasteiger partial charge in [0.1, 0.15) is 0 Å². The van der Waals surface area contributed by atoms with E-state index in [1.54, 1.807) is 0 Å². The normalized spacial score (nSPS) is 21.5. The average molecular weight is 456 g/mol. The lowest BCUT2D eigenvalue weighted by Gasteiger charge is -2.30. The molecule has 140 valence electrons. The van der Waals surface area contributed by atoms with E-state index in [0.717, 1.165) is 37.4 Å². The molecule has 5 heteroatoms. The maximum Gasteiger partial charge on any atom is 0.191 e. The van der Waals surface area contributed by atoms with Crippen molar-refractivity contribution in [2.24, 2.45) is 16.8 Å². The summed E-state index contributed by atoms with van der Waals surface area (Å²) in [7, 11) is 1.84. The van der Waals surface area contributed by atoms with E-state index in [0.29, 0.717) is 0 Å². The maximum atomic E-state index is 4.29. The third-order valence-electron chi connectivity index (χ3n) is 5.11. The van der Waals surface area contributed by atoms with Crippen LogP contribution in [0.5, 0.6) is 0 Å². The second-order valence-electron chi connectivity index (χ2n) is 7.55. The molecule has 1 aliphatic carbocycles. The lowest BCUT2D eigenvalue weighted by Crippen LogP contribution is -2.37. The summed E-state index contributed by atoms with van der Waals surface area (Å²) >= 11 is 0. The van der Waals surface area contributed by atoms with Crippen molar-refractivity contribution in [2.45, 2.75) is 45.7 Å². The van der Waals surface area contributed by atoms with Crippen molar-refractivity contribution in [2.75, 3.05) is 26.7 Å². The number of halogens is 1. The van der Waals surface area contributed by atoms with Gasteiger partial charge in [0.15, 0.2) is 5.96 Å². The van der Waals surface area contributed by atoms with Gasteiger partial charge in [0, 0.05) is 33.2 Å². The molecule has 1 saturated heterocycles. The van der Waals surface area contributed by atoms with E-state index < -0.39 is 0 Å². The van der Waals surface area contributed by atoms with Gasteiger partial charge in [-0.15, -0.1) is 24.0 Å². The molecule has 1 heterocycles. The van der Waals surface area contributed by atoms with Gasteiger partial charge in [0.05, 0.1) is 0 Å². The molecule has 1 saturated carbocycles. The first-order chi connectivity index (χ1) is 11.7. The molecule has 1 unspecified atom stereocenters. The quantitative estimate of drug-likeness (QED) is 0.391. The fourth-order valence-corrected chi connectivity index (χ4v) is 3.42. The number of guanidine groups is 1. The highest BCUT2D eigenvalue weighted by molar-refractivity contribution is 14.0. The van der Waals surface area contributed by atoms with Crippen LogP contribution in [0.1, 0.15) is 43.7 Å². The standard InChI is InChI=1S/C20H32N4.HI/c1-16-4-3-11-24(14-16)15-19-9-7-18(8-10-19)13-23-20(21-2)22-12-17-5-6-17;/h7-10,16-17H,3-6,11-15H2,1-2H3,(H2,21,22,23);1H. The predicted molar refractivity (Wildman–Crippen MR) is 116 cm³/mol. The summed E-state index contributed by atoms with van der Waals surface area (Å²) in [6.45, 7) is 7.81. The highest BCUT2D eigenvalue weighted by Gasteiger charge is 2.21. The van der Waals surface area contributed by atoms with Gasteiger partial charge in [-0.05, 0) is 55.2 Å². The minimum absolute atomic E-state index is 0. The van der Waals surface area contributed by atoms with E-state index in [9.17, 15) is 0 Å². The van der Waals surface area contributed by atoms with E-state index in [1.807, 2.05) is 7.05 Å². The average Bonchev–Trinajstić information content (AvgIpc) is 3.41. The molecule has 0 bridgehead atoms. The van der Waals surface area contributed by atoms with Gasteiger partial charge in [0.2, 0.25) is 0 Å². The van der Waals surface area contributed by atoms with E-state index in [1.165, 1.54) is 49.9 Å². The highest BCUT2D eigenvalue weighted by Crippen LogP contribution is 2.27. The van der Waals surface area contributed by atoms with E-state index in [4.69, 9.17) is 0 Å². The van der Waals surface area contributed by atoms with Crippen LogP contribution in [-0.2, 0) is 13.1 Å². The number of rotatable bonds is 6. The van der Waals surface area contributed by atoms with Gasteiger partial charge in [0.25, 0.3) is 0 Å². The number of nitrogens with zero attached hydrogens (tertiary/aromatic N) is 2. The Balaban J connectivity index is 0.00000225. The van der Waals surface area contributed by atoms with Crippen molar-refractivity contribution in [1.29, 1.82) is 0 Å². The fourth-order valence-electron chi connectivity index (χ4n) is 3.42. The Bertz CT molecular complexity index is 539. The third-order valence-corrected chi connectivity index (χ3v) is 5.11. The largest absolute Gasteiger partial charge is 0.356 e. The summed E-state index contributed by atoms with van der Waals surface area (Å²) in [6, 6.07) is 9.03. The monoisotopic (exact) mass is 456 g/mol. The topological polar surface area (TPSA) is 39.7 Å². The summed E-state index contributed by atoms with van der Waals surface area (Å²) in [5, 5.41) is 6.81. The number of nitrogens with one attached hydrogen (secondary N) is 2. The minimum Gasteiger partial charge on any atom is -0.356 e. The number of hydrogen-bond acceptors (Lipinski definition) is 2. The van der Waals surface area contributed by atoms with Crippen molar-refractivity contribution in [3.63, 3.8) is 0 Å². The van der Waals surface area contributed by atoms with Crippen LogP contribution in [0.4, 0.5) is 0 Å². The molecule has 1 aromatic rings. The van der Waals surface area contributed by atoms with Crippen LogP contribution in [0.3, 0.4) is 0 Å². The van der Waals surface area contributed by atoms with Crippen molar-refractivity contribution in [3.05, 3.63) is 35.4 Å². The zero-order valence-electron chi connectivity index (χ0n) is 15.6. The van der Waals surface area contributed by atoms with Crippen LogP contribution in [-0.4, -0.2) is 37.5 Å². The van der Waals surface area contributed by atoms with Gasteiger partial charge in [-0.1, -0.05) is 31.2 Å². The number of hydrogen-bond donors (Lipinski definition) is 2. The van der Waals surface area contributed by atoms with Gasteiger partial charge >= 0.3 is 0 Å². The minimum atomic E-state index is 0. The zero-order valence-corrected chi connectivity index (χ0v) is 18.0. The Morgan fingerprint density at radius 1 is 1.12 bits per heavy atom. The van der Waals surface area contributed by atoms with E-state index >= 15 is 0 Å². The molecule has 0 aromatic heterocycles. The van der Waals surface area contributed by atoms with Crippen LogP contribution in [0.15, 0.2) is 29.3 Å². The fraction of sp³-hybridized carbons (Fsp3) is 0.650. The van der Waals surface area contributed by atoms with Crippen molar-refractivity contribution in [3.8, 4) is 0 Å². The molecule has 0 amide bonds. The molecule has 25 heavy (non-hydrogen) atoms. The van der Waals surface area contributed by atoms with Crippen LogP contribution in [0.25, 0.3) is 0 Å². The molecule has 0 radical (unpaired) electrons. The molecule has 3 rings (SSSR count). The highest BCUT2D eigenvalue weighted by atomic mass is 127. The molecular weight excluding hydrogens is 423 g/mol. The molecule has 2 fully saturated rings. The molecule has 4 nitrogen and oxygen atoms in total. The Kier molecular flexibility index (Phi) is 8.49. The van der Waals surface area contributed by atoms with Crippen LogP contribution in [0, 0.1) is 11.8 Å². The smallest absolute Gasteiger partial charge is 0.191 e. The van der Waals surface area contributed by atoms with Crippen molar-refractivity contribution >= 4 is 29.9 Å². The summed E-state index contributed by atoms with van der Waals surface area (Å²) in [4.78, 5) is 6.88. The van der Waals surface area contributed by atoms with Gasteiger partial charge in [-0.3, -0.25) is 9.89 Å². The van der Waals surface area contributed by atoms with Crippen molar-refractivity contribution in [1.82, 2.24) is 15.5 Å². The first-order valence-corrected chi connectivity index (χ1v) is 9.47. The molecular formula is C20H33IN4. The Hall–Kier alpha value is -0.820. The lowest BCUT2D eigenvalue weighted by atomic mass is 9.99. The third kappa shape index (κ3) is 7.13. The summed E-state index contributed by atoms with van der Waals surface area (Å²) < 4.78 is 0. The van der Waals surface area contributed by atoms with Gasteiger partial charge in [-0.25, -0.2) is 0 Å². The summed E-state index contributed by atoms with van der Waals surface area (Å²) in [5.41, 5.74) is 2.73.